The first-order valence-corrected chi connectivity index (χ1v) is 4.71. The Morgan fingerprint density at radius 1 is 1.42 bits per heavy atom. The SMILES string of the molecule is Cc1cc(I)cc(Cl)c1C(F)F. The summed E-state index contributed by atoms with van der Waals surface area (Å²) in [6, 6.07) is 3.23. The van der Waals surface area contributed by atoms with Crippen LogP contribution in [-0.4, -0.2) is 0 Å². The standard InChI is InChI=1S/C8H6ClF2I/c1-4-2-5(12)3-6(9)7(4)8(10)11/h2-3,8H,1H3. The second-order valence-corrected chi connectivity index (χ2v) is 4.07. The third-order valence-corrected chi connectivity index (χ3v) is 2.45. The minimum Gasteiger partial charge on any atom is -0.205 e. The lowest BCUT2D eigenvalue weighted by atomic mass is 10.1. The predicted octanol–water partition coefficient (Wildman–Crippen LogP) is 4.19. The normalized spacial score (nSPS) is 10.8. The molecule has 1 aromatic rings. The van der Waals surface area contributed by atoms with Crippen LogP contribution in [0.25, 0.3) is 0 Å². The van der Waals surface area contributed by atoms with E-state index in [-0.39, 0.29) is 10.6 Å². The smallest absolute Gasteiger partial charge is 0.205 e. The summed E-state index contributed by atoms with van der Waals surface area (Å²) in [5, 5.41) is 0.148. The van der Waals surface area contributed by atoms with Gasteiger partial charge in [-0.15, -0.1) is 0 Å². The predicted molar refractivity (Wildman–Crippen MR) is 53.9 cm³/mol. The van der Waals surface area contributed by atoms with Crippen molar-refractivity contribution in [1.82, 2.24) is 0 Å². The zero-order valence-corrected chi connectivity index (χ0v) is 9.16. The van der Waals surface area contributed by atoms with Gasteiger partial charge in [0.2, 0.25) is 0 Å². The summed E-state index contributed by atoms with van der Waals surface area (Å²) in [4.78, 5) is 0. The topological polar surface area (TPSA) is 0 Å². The molecule has 0 aliphatic heterocycles. The third kappa shape index (κ3) is 2.07. The number of hydrogen-bond acceptors (Lipinski definition) is 0. The summed E-state index contributed by atoms with van der Waals surface area (Å²) in [5.74, 6) is 0. The summed E-state index contributed by atoms with van der Waals surface area (Å²) in [7, 11) is 0. The molecule has 1 rings (SSSR count). The number of alkyl halides is 2. The molecule has 0 atom stereocenters. The molecule has 0 unspecified atom stereocenters. The quantitative estimate of drug-likeness (QED) is 0.682. The van der Waals surface area contributed by atoms with E-state index >= 15 is 0 Å². The van der Waals surface area contributed by atoms with E-state index in [4.69, 9.17) is 11.6 Å². The van der Waals surface area contributed by atoms with Crippen LogP contribution in [0.1, 0.15) is 17.6 Å². The molecule has 4 heteroatoms. The largest absolute Gasteiger partial charge is 0.265 e. The van der Waals surface area contributed by atoms with Gasteiger partial charge in [-0.2, -0.15) is 0 Å². The maximum atomic E-state index is 12.3. The van der Waals surface area contributed by atoms with Crippen LogP contribution < -0.4 is 0 Å². The van der Waals surface area contributed by atoms with Gasteiger partial charge in [-0.25, -0.2) is 8.78 Å². The molecule has 66 valence electrons. The van der Waals surface area contributed by atoms with Crippen molar-refractivity contribution in [2.45, 2.75) is 13.3 Å². The van der Waals surface area contributed by atoms with E-state index in [0.717, 1.165) is 3.57 Å². The van der Waals surface area contributed by atoms with Gasteiger partial charge in [0.15, 0.2) is 0 Å². The Kier molecular flexibility index (Phi) is 3.29. The highest BCUT2D eigenvalue weighted by Crippen LogP contribution is 2.31. The van der Waals surface area contributed by atoms with Crippen molar-refractivity contribution in [2.75, 3.05) is 0 Å². The van der Waals surface area contributed by atoms with Crippen molar-refractivity contribution in [3.8, 4) is 0 Å². The maximum absolute atomic E-state index is 12.3. The Labute approximate surface area is 88.1 Å². The van der Waals surface area contributed by atoms with E-state index in [9.17, 15) is 8.78 Å². The minimum atomic E-state index is -2.49. The Morgan fingerprint density at radius 3 is 2.42 bits per heavy atom. The van der Waals surface area contributed by atoms with Crippen LogP contribution in [0.15, 0.2) is 12.1 Å². The maximum Gasteiger partial charge on any atom is 0.265 e. The fourth-order valence-corrected chi connectivity index (χ4v) is 2.30. The van der Waals surface area contributed by atoms with Crippen molar-refractivity contribution in [3.05, 3.63) is 31.9 Å². The summed E-state index contributed by atoms with van der Waals surface area (Å²) in [6.07, 6.45) is -2.49. The summed E-state index contributed by atoms with van der Waals surface area (Å²) in [6.45, 7) is 1.63. The Balaban J connectivity index is 3.28. The first-order valence-electron chi connectivity index (χ1n) is 3.26. The first-order chi connectivity index (χ1) is 5.52. The van der Waals surface area contributed by atoms with Crippen molar-refractivity contribution in [1.29, 1.82) is 0 Å². The minimum absolute atomic E-state index is 0.0583. The second-order valence-electron chi connectivity index (χ2n) is 2.42. The molecule has 0 saturated carbocycles. The first kappa shape index (κ1) is 10.2. The molecule has 0 nitrogen and oxygen atoms in total. The van der Waals surface area contributed by atoms with E-state index < -0.39 is 6.43 Å². The number of hydrogen-bond donors (Lipinski definition) is 0. The molecule has 0 aromatic heterocycles. The van der Waals surface area contributed by atoms with Crippen molar-refractivity contribution >= 4 is 34.2 Å². The third-order valence-electron chi connectivity index (χ3n) is 1.52. The van der Waals surface area contributed by atoms with E-state index in [2.05, 4.69) is 0 Å². The lowest BCUT2D eigenvalue weighted by Gasteiger charge is -2.07. The highest BCUT2D eigenvalue weighted by molar-refractivity contribution is 14.1. The lowest BCUT2D eigenvalue weighted by Crippen LogP contribution is -1.91. The molecule has 0 heterocycles. The highest BCUT2D eigenvalue weighted by Gasteiger charge is 2.14. The van der Waals surface area contributed by atoms with Gasteiger partial charge in [-0.3, -0.25) is 0 Å². The monoisotopic (exact) mass is 302 g/mol. The summed E-state index contributed by atoms with van der Waals surface area (Å²) >= 11 is 7.69. The Morgan fingerprint density at radius 2 is 2.00 bits per heavy atom. The van der Waals surface area contributed by atoms with Gasteiger partial charge in [0.05, 0.1) is 5.02 Å². The van der Waals surface area contributed by atoms with Crippen LogP contribution in [0.5, 0.6) is 0 Å². The van der Waals surface area contributed by atoms with Crippen LogP contribution >= 0.6 is 34.2 Å². The zero-order chi connectivity index (χ0) is 9.30. The van der Waals surface area contributed by atoms with Gasteiger partial charge in [0.1, 0.15) is 0 Å². The molecular weight excluding hydrogens is 296 g/mol. The molecule has 0 N–H and O–H groups in total. The van der Waals surface area contributed by atoms with Crippen molar-refractivity contribution in [2.24, 2.45) is 0 Å². The number of halogens is 4. The number of rotatable bonds is 1. The fourth-order valence-electron chi connectivity index (χ4n) is 0.990. The van der Waals surface area contributed by atoms with Gasteiger partial charge in [0, 0.05) is 9.13 Å². The molecular formula is C8H6ClF2I. The Bertz CT molecular complexity index is 276. The van der Waals surface area contributed by atoms with Gasteiger partial charge in [0.25, 0.3) is 6.43 Å². The summed E-state index contributed by atoms with van der Waals surface area (Å²) in [5.41, 5.74) is 0.485. The fraction of sp³-hybridized carbons (Fsp3) is 0.250. The van der Waals surface area contributed by atoms with Gasteiger partial charge >= 0.3 is 0 Å². The van der Waals surface area contributed by atoms with E-state index in [1.165, 1.54) is 6.07 Å². The molecule has 0 bridgehead atoms. The lowest BCUT2D eigenvalue weighted by molar-refractivity contribution is 0.150. The average Bonchev–Trinajstić information content (AvgIpc) is 1.82. The molecule has 1 aromatic carbocycles. The Hall–Kier alpha value is 0.1000. The molecule has 0 aliphatic carbocycles. The van der Waals surface area contributed by atoms with Gasteiger partial charge < -0.3 is 0 Å². The molecule has 0 aliphatic rings. The molecule has 0 fully saturated rings. The van der Waals surface area contributed by atoms with Crippen LogP contribution in [0.2, 0.25) is 5.02 Å². The van der Waals surface area contributed by atoms with Gasteiger partial charge in [-0.05, 0) is 47.2 Å². The van der Waals surface area contributed by atoms with Crippen LogP contribution in [-0.2, 0) is 0 Å². The second kappa shape index (κ2) is 3.87. The molecule has 12 heavy (non-hydrogen) atoms. The van der Waals surface area contributed by atoms with E-state index in [1.54, 1.807) is 13.0 Å². The van der Waals surface area contributed by atoms with Gasteiger partial charge in [-0.1, -0.05) is 11.6 Å². The van der Waals surface area contributed by atoms with Crippen molar-refractivity contribution in [3.63, 3.8) is 0 Å². The average molecular weight is 302 g/mol. The summed E-state index contributed by atoms with van der Waals surface area (Å²) < 4.78 is 25.5. The molecule has 0 saturated heterocycles. The van der Waals surface area contributed by atoms with E-state index in [1.807, 2.05) is 22.6 Å². The zero-order valence-electron chi connectivity index (χ0n) is 6.24. The highest BCUT2D eigenvalue weighted by atomic mass is 127. The molecule has 0 spiro atoms. The van der Waals surface area contributed by atoms with Crippen LogP contribution in [0.3, 0.4) is 0 Å². The number of aryl methyl sites for hydroxylation is 1. The number of benzene rings is 1. The molecule has 0 radical (unpaired) electrons. The van der Waals surface area contributed by atoms with Crippen molar-refractivity contribution < 1.29 is 8.78 Å². The van der Waals surface area contributed by atoms with Crippen LogP contribution in [0.4, 0.5) is 8.78 Å². The van der Waals surface area contributed by atoms with Crippen LogP contribution in [0, 0.1) is 10.5 Å². The van der Waals surface area contributed by atoms with E-state index in [0.29, 0.717) is 5.56 Å². The molecule has 0 amide bonds.